The molecule has 4 nitrogen and oxygen atoms in total. The van der Waals surface area contributed by atoms with Gasteiger partial charge in [-0.3, -0.25) is 4.79 Å². The second-order valence-corrected chi connectivity index (χ2v) is 3.79. The van der Waals surface area contributed by atoms with Gasteiger partial charge in [-0.05, 0) is 18.6 Å². The number of amides is 1. The molecule has 0 N–H and O–H groups in total. The molecule has 1 aromatic rings. The van der Waals surface area contributed by atoms with Gasteiger partial charge in [0.1, 0.15) is 18.3 Å². The van der Waals surface area contributed by atoms with E-state index in [9.17, 15) is 9.18 Å². The first-order chi connectivity index (χ1) is 8.25. The Morgan fingerprint density at radius 1 is 1.53 bits per heavy atom. The molecule has 1 aliphatic heterocycles. The van der Waals surface area contributed by atoms with Gasteiger partial charge in [-0.1, -0.05) is 6.07 Å². The van der Waals surface area contributed by atoms with Gasteiger partial charge in [0.15, 0.2) is 6.61 Å². The summed E-state index contributed by atoms with van der Waals surface area (Å²) in [5.41, 5.74) is 0. The van der Waals surface area contributed by atoms with E-state index in [2.05, 4.69) is 0 Å². The highest BCUT2D eigenvalue weighted by molar-refractivity contribution is 5.77. The van der Waals surface area contributed by atoms with Crippen LogP contribution in [0.4, 0.5) is 4.39 Å². The van der Waals surface area contributed by atoms with E-state index >= 15 is 0 Å². The number of halogens is 1. The molecular weight excluding hydrogens is 225 g/mol. The second-order valence-electron chi connectivity index (χ2n) is 3.79. The Balaban J connectivity index is 1.83. The summed E-state index contributed by atoms with van der Waals surface area (Å²) in [6.07, 6.45) is 0.839. The maximum absolute atomic E-state index is 12.9. The maximum atomic E-state index is 12.9. The molecule has 5 heteroatoms. The molecule has 0 aromatic heterocycles. The van der Waals surface area contributed by atoms with Crippen LogP contribution in [-0.4, -0.2) is 37.3 Å². The van der Waals surface area contributed by atoms with Crippen LogP contribution in [0, 0.1) is 5.82 Å². The third kappa shape index (κ3) is 3.42. The van der Waals surface area contributed by atoms with Crippen molar-refractivity contribution >= 4 is 5.91 Å². The zero-order valence-corrected chi connectivity index (χ0v) is 9.39. The van der Waals surface area contributed by atoms with Crippen molar-refractivity contribution in [3.8, 4) is 5.75 Å². The van der Waals surface area contributed by atoms with Crippen LogP contribution in [0.25, 0.3) is 0 Å². The molecule has 1 heterocycles. The molecule has 1 amide bonds. The van der Waals surface area contributed by atoms with Crippen molar-refractivity contribution in [2.45, 2.75) is 6.42 Å². The number of rotatable bonds is 3. The number of hydrogen-bond acceptors (Lipinski definition) is 3. The third-order valence-corrected chi connectivity index (χ3v) is 2.47. The van der Waals surface area contributed by atoms with E-state index in [-0.39, 0.29) is 18.3 Å². The highest BCUT2D eigenvalue weighted by Gasteiger charge is 2.17. The van der Waals surface area contributed by atoms with Crippen LogP contribution in [-0.2, 0) is 9.53 Å². The van der Waals surface area contributed by atoms with Crippen molar-refractivity contribution < 1.29 is 18.7 Å². The van der Waals surface area contributed by atoms with Crippen molar-refractivity contribution in [1.29, 1.82) is 0 Å². The molecule has 92 valence electrons. The predicted octanol–water partition coefficient (Wildman–Crippen LogP) is 1.41. The minimum Gasteiger partial charge on any atom is -0.484 e. The standard InChI is InChI=1S/C12H14FNO3/c13-10-3-1-4-11(7-10)17-8-12(15)14-5-2-6-16-9-14/h1,3-4,7H,2,5-6,8-9H2. The largest absolute Gasteiger partial charge is 0.484 e. The lowest BCUT2D eigenvalue weighted by molar-refractivity contribution is -0.142. The topological polar surface area (TPSA) is 38.8 Å². The van der Waals surface area contributed by atoms with E-state index in [1.54, 1.807) is 17.0 Å². The lowest BCUT2D eigenvalue weighted by Gasteiger charge is -2.26. The number of ether oxygens (including phenoxy) is 2. The lowest BCUT2D eigenvalue weighted by atomic mass is 10.3. The first-order valence-electron chi connectivity index (χ1n) is 5.49. The summed E-state index contributed by atoms with van der Waals surface area (Å²) >= 11 is 0. The molecule has 0 radical (unpaired) electrons. The van der Waals surface area contributed by atoms with Crippen LogP contribution >= 0.6 is 0 Å². The quantitative estimate of drug-likeness (QED) is 0.800. The van der Waals surface area contributed by atoms with Crippen molar-refractivity contribution in [1.82, 2.24) is 4.90 Å². The predicted molar refractivity (Wildman–Crippen MR) is 59.0 cm³/mol. The molecule has 1 aromatic carbocycles. The van der Waals surface area contributed by atoms with Gasteiger partial charge in [0.05, 0.1) is 6.61 Å². The van der Waals surface area contributed by atoms with Crippen molar-refractivity contribution in [2.24, 2.45) is 0 Å². The highest BCUT2D eigenvalue weighted by atomic mass is 19.1. The van der Waals surface area contributed by atoms with Gasteiger partial charge in [-0.2, -0.15) is 0 Å². The molecule has 1 saturated heterocycles. The Morgan fingerprint density at radius 2 is 2.41 bits per heavy atom. The minimum atomic E-state index is -0.378. The molecule has 0 spiro atoms. The lowest BCUT2D eigenvalue weighted by Crippen LogP contribution is -2.40. The normalized spacial score (nSPS) is 15.7. The Labute approximate surface area is 98.9 Å². The maximum Gasteiger partial charge on any atom is 0.262 e. The van der Waals surface area contributed by atoms with Crippen molar-refractivity contribution in [3.63, 3.8) is 0 Å². The Bertz CT molecular complexity index is 391. The SMILES string of the molecule is O=C(COc1cccc(F)c1)N1CCCOC1. The molecule has 0 unspecified atom stereocenters. The van der Waals surface area contributed by atoms with Crippen molar-refractivity contribution in [2.75, 3.05) is 26.5 Å². The van der Waals surface area contributed by atoms with E-state index in [1.165, 1.54) is 12.1 Å². The zero-order valence-electron chi connectivity index (χ0n) is 9.39. The summed E-state index contributed by atoms with van der Waals surface area (Å²) in [5, 5.41) is 0. The molecule has 0 saturated carbocycles. The molecule has 0 atom stereocenters. The van der Waals surface area contributed by atoms with Gasteiger partial charge in [-0.15, -0.1) is 0 Å². The van der Waals surface area contributed by atoms with E-state index in [4.69, 9.17) is 9.47 Å². The van der Waals surface area contributed by atoms with Gasteiger partial charge >= 0.3 is 0 Å². The molecule has 0 aliphatic carbocycles. The molecule has 1 aliphatic rings. The number of carbonyl (C=O) groups is 1. The average molecular weight is 239 g/mol. The number of nitrogens with zero attached hydrogens (tertiary/aromatic N) is 1. The molecule has 0 bridgehead atoms. The Kier molecular flexibility index (Phi) is 3.93. The summed E-state index contributed by atoms with van der Waals surface area (Å²) in [6, 6.07) is 5.73. The molecule has 17 heavy (non-hydrogen) atoms. The van der Waals surface area contributed by atoms with Gasteiger partial charge < -0.3 is 14.4 Å². The van der Waals surface area contributed by atoms with E-state index in [1.807, 2.05) is 0 Å². The van der Waals surface area contributed by atoms with Crippen molar-refractivity contribution in [3.05, 3.63) is 30.1 Å². The smallest absolute Gasteiger partial charge is 0.262 e. The van der Waals surface area contributed by atoms with E-state index in [0.717, 1.165) is 6.42 Å². The molecular formula is C12H14FNO3. The summed E-state index contributed by atoms with van der Waals surface area (Å²) < 4.78 is 23.2. The minimum absolute atomic E-state index is 0.0905. The molecule has 1 fully saturated rings. The summed E-state index contributed by atoms with van der Waals surface area (Å²) in [7, 11) is 0. The monoisotopic (exact) mass is 239 g/mol. The van der Waals surface area contributed by atoms with Gasteiger partial charge in [0, 0.05) is 12.6 Å². The fourth-order valence-electron chi connectivity index (χ4n) is 1.59. The Morgan fingerprint density at radius 3 is 3.12 bits per heavy atom. The summed E-state index contributed by atoms with van der Waals surface area (Å²) in [5.74, 6) is -0.165. The fraction of sp³-hybridized carbons (Fsp3) is 0.417. The zero-order chi connectivity index (χ0) is 12.1. The third-order valence-electron chi connectivity index (χ3n) is 2.47. The first-order valence-corrected chi connectivity index (χ1v) is 5.49. The number of carbonyl (C=O) groups excluding carboxylic acids is 1. The Hall–Kier alpha value is -1.62. The van der Waals surface area contributed by atoms with Gasteiger partial charge in [0.2, 0.25) is 0 Å². The van der Waals surface area contributed by atoms with Crippen LogP contribution in [0.2, 0.25) is 0 Å². The summed E-state index contributed by atoms with van der Waals surface area (Å²) in [4.78, 5) is 13.3. The summed E-state index contributed by atoms with van der Waals surface area (Å²) in [6.45, 7) is 1.60. The first kappa shape index (κ1) is 11.9. The highest BCUT2D eigenvalue weighted by Crippen LogP contribution is 2.12. The number of hydrogen-bond donors (Lipinski definition) is 0. The van der Waals surface area contributed by atoms with E-state index in [0.29, 0.717) is 25.6 Å². The fourth-order valence-corrected chi connectivity index (χ4v) is 1.59. The molecule has 2 rings (SSSR count). The van der Waals surface area contributed by atoms with Crippen LogP contribution < -0.4 is 4.74 Å². The van der Waals surface area contributed by atoms with Gasteiger partial charge in [0.25, 0.3) is 5.91 Å². The average Bonchev–Trinajstić information content (AvgIpc) is 2.37. The van der Waals surface area contributed by atoms with Crippen LogP contribution in [0.15, 0.2) is 24.3 Å². The second kappa shape index (κ2) is 5.63. The van der Waals surface area contributed by atoms with Crippen LogP contribution in [0.5, 0.6) is 5.75 Å². The van der Waals surface area contributed by atoms with Crippen LogP contribution in [0.1, 0.15) is 6.42 Å². The van der Waals surface area contributed by atoms with Gasteiger partial charge in [-0.25, -0.2) is 4.39 Å². The number of benzene rings is 1. The van der Waals surface area contributed by atoms with E-state index < -0.39 is 0 Å². The van der Waals surface area contributed by atoms with Crippen LogP contribution in [0.3, 0.4) is 0 Å².